The van der Waals surface area contributed by atoms with Gasteiger partial charge in [0, 0.05) is 19.3 Å². The Morgan fingerprint density at radius 1 is 1.71 bits per heavy atom. The second-order valence-corrected chi connectivity index (χ2v) is 4.05. The van der Waals surface area contributed by atoms with Gasteiger partial charge in [0.25, 0.3) is 0 Å². The second kappa shape index (κ2) is 5.25. The summed E-state index contributed by atoms with van der Waals surface area (Å²) in [4.78, 5) is 18.3. The van der Waals surface area contributed by atoms with Crippen molar-refractivity contribution in [1.29, 1.82) is 0 Å². The van der Waals surface area contributed by atoms with Crippen LogP contribution in [0.25, 0.3) is 0 Å². The monoisotopic (exact) mass is 235 g/mol. The van der Waals surface area contributed by atoms with E-state index in [0.717, 1.165) is 13.1 Å². The Hall–Kier alpha value is -1.46. The number of carbonyl (C=O) groups is 1. The minimum atomic E-state index is -0.421. The molecule has 1 fully saturated rings. The van der Waals surface area contributed by atoms with Crippen LogP contribution in [0.15, 0.2) is 18.3 Å². The summed E-state index contributed by atoms with van der Waals surface area (Å²) in [5.41, 5.74) is 6.15. The molecule has 2 rings (SSSR count). The zero-order valence-electron chi connectivity index (χ0n) is 9.93. The van der Waals surface area contributed by atoms with Crippen LogP contribution in [0.3, 0.4) is 0 Å². The summed E-state index contributed by atoms with van der Waals surface area (Å²) in [5, 5.41) is 0. The summed E-state index contributed by atoms with van der Waals surface area (Å²) >= 11 is 0. The van der Waals surface area contributed by atoms with Gasteiger partial charge in [0.1, 0.15) is 11.9 Å². The van der Waals surface area contributed by atoms with Crippen LogP contribution in [-0.2, 0) is 4.74 Å². The SMILES string of the molecule is CCN1CCOC(C(=O)c2cccnc2N)C1. The minimum Gasteiger partial charge on any atom is -0.383 e. The maximum Gasteiger partial charge on any atom is 0.196 e. The van der Waals surface area contributed by atoms with Gasteiger partial charge in [0.05, 0.1) is 12.2 Å². The Morgan fingerprint density at radius 2 is 2.53 bits per heavy atom. The zero-order chi connectivity index (χ0) is 12.3. The maximum atomic E-state index is 12.2. The molecule has 1 atom stereocenters. The Bertz CT molecular complexity index is 408. The van der Waals surface area contributed by atoms with Gasteiger partial charge < -0.3 is 10.5 Å². The number of nitrogens with two attached hydrogens (primary N) is 1. The summed E-state index contributed by atoms with van der Waals surface area (Å²) in [5.74, 6) is 0.198. The fourth-order valence-corrected chi connectivity index (χ4v) is 1.95. The fourth-order valence-electron chi connectivity index (χ4n) is 1.95. The quantitative estimate of drug-likeness (QED) is 0.776. The topological polar surface area (TPSA) is 68.5 Å². The fraction of sp³-hybridized carbons (Fsp3) is 0.500. The molecule has 1 aromatic rings. The van der Waals surface area contributed by atoms with E-state index in [1.165, 1.54) is 0 Å². The van der Waals surface area contributed by atoms with Crippen molar-refractivity contribution < 1.29 is 9.53 Å². The molecule has 2 heterocycles. The third kappa shape index (κ3) is 2.62. The molecule has 1 aromatic heterocycles. The Morgan fingerprint density at radius 3 is 3.24 bits per heavy atom. The molecule has 0 bridgehead atoms. The van der Waals surface area contributed by atoms with Crippen molar-refractivity contribution in [2.24, 2.45) is 0 Å². The summed E-state index contributed by atoms with van der Waals surface area (Å²) < 4.78 is 5.51. The first-order chi connectivity index (χ1) is 8.22. The van der Waals surface area contributed by atoms with E-state index in [4.69, 9.17) is 10.5 Å². The summed E-state index contributed by atoms with van der Waals surface area (Å²) in [6.07, 6.45) is 1.15. The van der Waals surface area contributed by atoms with E-state index in [0.29, 0.717) is 18.7 Å². The van der Waals surface area contributed by atoms with Gasteiger partial charge in [-0.15, -0.1) is 0 Å². The van der Waals surface area contributed by atoms with Gasteiger partial charge in [0.15, 0.2) is 5.78 Å². The molecule has 1 aliphatic heterocycles. The first-order valence-electron chi connectivity index (χ1n) is 5.81. The summed E-state index contributed by atoms with van der Waals surface area (Å²) in [6, 6.07) is 3.41. The van der Waals surface area contributed by atoms with E-state index in [2.05, 4.69) is 16.8 Å². The van der Waals surface area contributed by atoms with Crippen LogP contribution in [0.5, 0.6) is 0 Å². The summed E-state index contributed by atoms with van der Waals surface area (Å²) in [6.45, 7) is 5.10. The Balaban J connectivity index is 2.12. The highest BCUT2D eigenvalue weighted by atomic mass is 16.5. The van der Waals surface area contributed by atoms with Gasteiger partial charge in [0.2, 0.25) is 0 Å². The maximum absolute atomic E-state index is 12.2. The molecule has 5 heteroatoms. The van der Waals surface area contributed by atoms with Gasteiger partial charge in [-0.25, -0.2) is 4.98 Å². The number of hydrogen-bond donors (Lipinski definition) is 1. The molecule has 1 unspecified atom stereocenters. The molecule has 5 nitrogen and oxygen atoms in total. The molecule has 0 saturated carbocycles. The van der Waals surface area contributed by atoms with Gasteiger partial charge in [-0.05, 0) is 18.7 Å². The number of likely N-dealkylation sites (N-methyl/N-ethyl adjacent to an activating group) is 1. The third-order valence-corrected chi connectivity index (χ3v) is 2.99. The molecule has 0 radical (unpaired) electrons. The number of nitrogens with zero attached hydrogens (tertiary/aromatic N) is 2. The van der Waals surface area contributed by atoms with Gasteiger partial charge >= 0.3 is 0 Å². The van der Waals surface area contributed by atoms with E-state index in [1.807, 2.05) is 0 Å². The zero-order valence-corrected chi connectivity index (χ0v) is 9.93. The van der Waals surface area contributed by atoms with Crippen molar-refractivity contribution in [2.45, 2.75) is 13.0 Å². The molecule has 0 aromatic carbocycles. The van der Waals surface area contributed by atoms with Gasteiger partial charge in [-0.1, -0.05) is 6.92 Å². The van der Waals surface area contributed by atoms with E-state index >= 15 is 0 Å². The van der Waals surface area contributed by atoms with Crippen LogP contribution in [0.2, 0.25) is 0 Å². The first kappa shape index (κ1) is 12.0. The minimum absolute atomic E-state index is 0.0752. The summed E-state index contributed by atoms with van der Waals surface area (Å²) in [7, 11) is 0. The highest BCUT2D eigenvalue weighted by molar-refractivity contribution is 6.03. The van der Waals surface area contributed by atoms with Crippen molar-refractivity contribution in [1.82, 2.24) is 9.88 Å². The number of hydrogen-bond acceptors (Lipinski definition) is 5. The van der Waals surface area contributed by atoms with Crippen LogP contribution in [0.4, 0.5) is 5.82 Å². The highest BCUT2D eigenvalue weighted by Gasteiger charge is 2.27. The average molecular weight is 235 g/mol. The van der Waals surface area contributed by atoms with Crippen LogP contribution >= 0.6 is 0 Å². The number of ether oxygens (including phenoxy) is 1. The lowest BCUT2D eigenvalue weighted by atomic mass is 10.1. The number of Topliss-reactive ketones (excluding diaryl/α,β-unsaturated/α-hetero) is 1. The van der Waals surface area contributed by atoms with E-state index < -0.39 is 6.10 Å². The number of morpholine rings is 1. The molecular weight excluding hydrogens is 218 g/mol. The third-order valence-electron chi connectivity index (χ3n) is 2.99. The van der Waals surface area contributed by atoms with Crippen LogP contribution < -0.4 is 5.73 Å². The molecule has 92 valence electrons. The Kier molecular flexibility index (Phi) is 3.71. The van der Waals surface area contributed by atoms with Crippen LogP contribution in [-0.4, -0.2) is 48.0 Å². The average Bonchev–Trinajstić information content (AvgIpc) is 2.38. The largest absolute Gasteiger partial charge is 0.383 e. The van der Waals surface area contributed by atoms with Crippen LogP contribution in [0, 0.1) is 0 Å². The molecule has 0 spiro atoms. The number of aromatic nitrogens is 1. The van der Waals surface area contributed by atoms with Crippen molar-refractivity contribution >= 4 is 11.6 Å². The number of ketones is 1. The van der Waals surface area contributed by atoms with E-state index in [-0.39, 0.29) is 11.6 Å². The number of nitrogen functional groups attached to an aromatic ring is 1. The molecule has 0 aliphatic carbocycles. The van der Waals surface area contributed by atoms with E-state index in [9.17, 15) is 4.79 Å². The van der Waals surface area contributed by atoms with E-state index in [1.54, 1.807) is 18.3 Å². The Labute approximate surface area is 101 Å². The first-order valence-corrected chi connectivity index (χ1v) is 5.81. The predicted octanol–water partition coefficient (Wildman–Crippen LogP) is 0.567. The van der Waals surface area contributed by atoms with Crippen molar-refractivity contribution in [3.63, 3.8) is 0 Å². The number of pyridine rings is 1. The highest BCUT2D eigenvalue weighted by Crippen LogP contribution is 2.15. The van der Waals surface area contributed by atoms with Crippen molar-refractivity contribution in [2.75, 3.05) is 32.0 Å². The molecule has 1 saturated heterocycles. The number of anilines is 1. The lowest BCUT2D eigenvalue weighted by Gasteiger charge is -2.31. The molecule has 1 aliphatic rings. The lowest BCUT2D eigenvalue weighted by Crippen LogP contribution is -2.46. The van der Waals surface area contributed by atoms with Gasteiger partial charge in [-0.2, -0.15) is 0 Å². The normalized spacial score (nSPS) is 21.4. The van der Waals surface area contributed by atoms with Crippen LogP contribution in [0.1, 0.15) is 17.3 Å². The number of carbonyl (C=O) groups excluding carboxylic acids is 1. The molecular formula is C12H17N3O2. The smallest absolute Gasteiger partial charge is 0.196 e. The molecule has 17 heavy (non-hydrogen) atoms. The van der Waals surface area contributed by atoms with Crippen molar-refractivity contribution in [3.8, 4) is 0 Å². The molecule has 0 amide bonds. The predicted molar refractivity (Wildman–Crippen MR) is 64.8 cm³/mol. The van der Waals surface area contributed by atoms with Crippen molar-refractivity contribution in [3.05, 3.63) is 23.9 Å². The number of rotatable bonds is 3. The second-order valence-electron chi connectivity index (χ2n) is 4.05. The lowest BCUT2D eigenvalue weighted by molar-refractivity contribution is -0.0148. The standard InChI is InChI=1S/C12H17N3O2/c1-2-15-6-7-17-10(8-15)11(16)9-4-3-5-14-12(9)13/h3-5,10H,2,6-8H2,1H3,(H2,13,14). The molecule has 2 N–H and O–H groups in total. The van der Waals surface area contributed by atoms with Gasteiger partial charge in [-0.3, -0.25) is 9.69 Å².